The Bertz CT molecular complexity index is 510. The van der Waals surface area contributed by atoms with Gasteiger partial charge in [0.15, 0.2) is 5.76 Å². The summed E-state index contributed by atoms with van der Waals surface area (Å²) in [6.45, 7) is -0.151. The number of likely N-dealkylation sites (N-methyl/N-ethyl adjacent to an activating group) is 1. The molecule has 6 nitrogen and oxygen atoms in total. The maximum absolute atomic E-state index is 10.6. The van der Waals surface area contributed by atoms with Gasteiger partial charge in [-0.2, -0.15) is 0 Å². The first-order chi connectivity index (χ1) is 8.16. The number of hydrogen-bond donors (Lipinski definition) is 1. The quantitative estimate of drug-likeness (QED) is 0.856. The number of nitrogens with zero attached hydrogens (tertiary/aromatic N) is 3. The SMILES string of the molecule is CN(CC(=O)O)c1nccc(-c2ccco2)n1. The van der Waals surface area contributed by atoms with Crippen molar-refractivity contribution in [2.45, 2.75) is 0 Å². The van der Waals surface area contributed by atoms with E-state index in [1.165, 1.54) is 4.90 Å². The van der Waals surface area contributed by atoms with E-state index in [0.29, 0.717) is 17.4 Å². The summed E-state index contributed by atoms with van der Waals surface area (Å²) in [5, 5.41) is 8.68. The molecule has 0 aliphatic carbocycles. The van der Waals surface area contributed by atoms with Crippen molar-refractivity contribution in [3.05, 3.63) is 30.7 Å². The maximum Gasteiger partial charge on any atom is 0.323 e. The van der Waals surface area contributed by atoms with Crippen LogP contribution in [0.4, 0.5) is 5.95 Å². The van der Waals surface area contributed by atoms with Gasteiger partial charge in [0.05, 0.1) is 6.26 Å². The summed E-state index contributed by atoms with van der Waals surface area (Å²) in [7, 11) is 1.62. The Labute approximate surface area is 97.5 Å². The topological polar surface area (TPSA) is 79.5 Å². The molecule has 2 rings (SSSR count). The summed E-state index contributed by atoms with van der Waals surface area (Å²) < 4.78 is 5.21. The Morgan fingerprint density at radius 2 is 2.35 bits per heavy atom. The monoisotopic (exact) mass is 233 g/mol. The predicted octanol–water partition coefficient (Wildman–Crippen LogP) is 1.26. The first-order valence-electron chi connectivity index (χ1n) is 4.96. The number of carboxylic acids is 1. The minimum atomic E-state index is -0.931. The van der Waals surface area contributed by atoms with Crippen molar-refractivity contribution in [3.8, 4) is 11.5 Å². The van der Waals surface area contributed by atoms with Crippen molar-refractivity contribution in [3.63, 3.8) is 0 Å². The number of aliphatic carboxylic acids is 1. The van der Waals surface area contributed by atoms with Crippen LogP contribution < -0.4 is 4.90 Å². The average molecular weight is 233 g/mol. The second kappa shape index (κ2) is 4.65. The molecule has 0 aliphatic rings. The summed E-state index contributed by atoms with van der Waals surface area (Å²) in [6, 6.07) is 5.25. The second-order valence-corrected chi connectivity index (χ2v) is 3.47. The van der Waals surface area contributed by atoms with Crippen molar-refractivity contribution in [2.24, 2.45) is 0 Å². The van der Waals surface area contributed by atoms with Crippen molar-refractivity contribution >= 4 is 11.9 Å². The molecule has 0 saturated carbocycles. The van der Waals surface area contributed by atoms with Gasteiger partial charge in [0.1, 0.15) is 12.2 Å². The van der Waals surface area contributed by atoms with E-state index >= 15 is 0 Å². The van der Waals surface area contributed by atoms with Gasteiger partial charge in [-0.05, 0) is 18.2 Å². The lowest BCUT2D eigenvalue weighted by molar-refractivity contribution is -0.135. The zero-order valence-corrected chi connectivity index (χ0v) is 9.20. The molecule has 0 bridgehead atoms. The minimum Gasteiger partial charge on any atom is -0.480 e. The fourth-order valence-electron chi connectivity index (χ4n) is 1.37. The molecule has 0 aliphatic heterocycles. The maximum atomic E-state index is 10.6. The fourth-order valence-corrected chi connectivity index (χ4v) is 1.37. The van der Waals surface area contributed by atoms with Gasteiger partial charge >= 0.3 is 5.97 Å². The summed E-state index contributed by atoms with van der Waals surface area (Å²) in [6.07, 6.45) is 3.12. The van der Waals surface area contributed by atoms with E-state index in [-0.39, 0.29) is 6.54 Å². The van der Waals surface area contributed by atoms with Gasteiger partial charge in [-0.25, -0.2) is 9.97 Å². The minimum absolute atomic E-state index is 0.151. The first kappa shape index (κ1) is 11.1. The van der Waals surface area contributed by atoms with Crippen molar-refractivity contribution < 1.29 is 14.3 Å². The van der Waals surface area contributed by atoms with Gasteiger partial charge in [-0.3, -0.25) is 4.79 Å². The highest BCUT2D eigenvalue weighted by molar-refractivity contribution is 5.72. The van der Waals surface area contributed by atoms with Crippen molar-refractivity contribution in [1.82, 2.24) is 9.97 Å². The van der Waals surface area contributed by atoms with E-state index < -0.39 is 5.97 Å². The Hall–Kier alpha value is -2.37. The van der Waals surface area contributed by atoms with Crippen LogP contribution in [0.1, 0.15) is 0 Å². The zero-order chi connectivity index (χ0) is 12.3. The van der Waals surface area contributed by atoms with Crippen LogP contribution >= 0.6 is 0 Å². The van der Waals surface area contributed by atoms with E-state index in [1.54, 1.807) is 37.7 Å². The van der Waals surface area contributed by atoms with Gasteiger partial charge in [-0.15, -0.1) is 0 Å². The fraction of sp³-hybridized carbons (Fsp3) is 0.182. The highest BCUT2D eigenvalue weighted by Crippen LogP contribution is 2.18. The van der Waals surface area contributed by atoms with Crippen LogP contribution in [-0.4, -0.2) is 34.6 Å². The highest BCUT2D eigenvalue weighted by atomic mass is 16.4. The molecule has 88 valence electrons. The third-order valence-corrected chi connectivity index (χ3v) is 2.13. The molecule has 0 spiro atoms. The summed E-state index contributed by atoms with van der Waals surface area (Å²) >= 11 is 0. The van der Waals surface area contributed by atoms with E-state index in [2.05, 4.69) is 9.97 Å². The summed E-state index contributed by atoms with van der Waals surface area (Å²) in [4.78, 5) is 20.3. The van der Waals surface area contributed by atoms with Gasteiger partial charge in [0, 0.05) is 13.2 Å². The first-order valence-corrected chi connectivity index (χ1v) is 4.96. The third-order valence-electron chi connectivity index (χ3n) is 2.13. The lowest BCUT2D eigenvalue weighted by Gasteiger charge is -2.14. The lowest BCUT2D eigenvalue weighted by atomic mass is 10.3. The van der Waals surface area contributed by atoms with Crippen LogP contribution in [0.5, 0.6) is 0 Å². The number of rotatable bonds is 4. The summed E-state index contributed by atoms with van der Waals surface area (Å²) in [5.41, 5.74) is 0.622. The second-order valence-electron chi connectivity index (χ2n) is 3.47. The molecule has 0 atom stereocenters. The van der Waals surface area contributed by atoms with Crippen molar-refractivity contribution in [1.29, 1.82) is 0 Å². The van der Waals surface area contributed by atoms with E-state index in [4.69, 9.17) is 9.52 Å². The molecule has 0 amide bonds. The number of aromatic nitrogens is 2. The predicted molar refractivity (Wildman–Crippen MR) is 60.6 cm³/mol. The smallest absolute Gasteiger partial charge is 0.323 e. The van der Waals surface area contributed by atoms with Crippen LogP contribution in [0.15, 0.2) is 35.1 Å². The normalized spacial score (nSPS) is 10.2. The van der Waals surface area contributed by atoms with Crippen LogP contribution in [0.3, 0.4) is 0 Å². The number of furan rings is 1. The molecule has 17 heavy (non-hydrogen) atoms. The Morgan fingerprint density at radius 1 is 1.53 bits per heavy atom. The highest BCUT2D eigenvalue weighted by Gasteiger charge is 2.10. The summed E-state index contributed by atoms with van der Waals surface area (Å²) in [5.74, 6) is 0.0400. The molecule has 0 fully saturated rings. The van der Waals surface area contributed by atoms with Crippen LogP contribution in [0.2, 0.25) is 0 Å². The number of carboxylic acid groups (broad SMARTS) is 1. The molecular weight excluding hydrogens is 222 g/mol. The molecule has 0 radical (unpaired) electrons. The Morgan fingerprint density at radius 3 is 3.00 bits per heavy atom. The van der Waals surface area contributed by atoms with E-state index in [1.807, 2.05) is 0 Å². The Balaban J connectivity index is 2.25. The molecule has 2 aromatic heterocycles. The zero-order valence-electron chi connectivity index (χ0n) is 9.20. The number of hydrogen-bond acceptors (Lipinski definition) is 5. The van der Waals surface area contributed by atoms with E-state index in [9.17, 15) is 4.79 Å². The van der Waals surface area contributed by atoms with Crippen molar-refractivity contribution in [2.75, 3.05) is 18.5 Å². The average Bonchev–Trinajstić information content (AvgIpc) is 2.82. The van der Waals surface area contributed by atoms with Gasteiger partial charge in [0.2, 0.25) is 5.95 Å². The molecule has 2 heterocycles. The van der Waals surface area contributed by atoms with Gasteiger partial charge in [-0.1, -0.05) is 0 Å². The lowest BCUT2D eigenvalue weighted by Crippen LogP contribution is -2.26. The molecule has 0 aromatic carbocycles. The molecule has 0 unspecified atom stereocenters. The molecular formula is C11H11N3O3. The number of carbonyl (C=O) groups is 1. The van der Waals surface area contributed by atoms with Gasteiger partial charge < -0.3 is 14.4 Å². The molecule has 0 saturated heterocycles. The largest absolute Gasteiger partial charge is 0.480 e. The molecule has 6 heteroatoms. The van der Waals surface area contributed by atoms with E-state index in [0.717, 1.165) is 0 Å². The standard InChI is InChI=1S/C11H11N3O3/c1-14(7-10(15)16)11-12-5-4-8(13-11)9-3-2-6-17-9/h2-6H,7H2,1H3,(H,15,16). The van der Waals surface area contributed by atoms with Gasteiger partial charge in [0.25, 0.3) is 0 Å². The van der Waals surface area contributed by atoms with Crippen LogP contribution in [-0.2, 0) is 4.79 Å². The Kier molecular flexibility index (Phi) is 3.04. The van der Waals surface area contributed by atoms with Crippen LogP contribution in [0, 0.1) is 0 Å². The number of anilines is 1. The molecule has 2 aromatic rings. The van der Waals surface area contributed by atoms with Crippen LogP contribution in [0.25, 0.3) is 11.5 Å². The molecule has 1 N–H and O–H groups in total. The third kappa shape index (κ3) is 2.60.